The number of nitrogens with zero attached hydrogens (tertiary/aromatic N) is 7. The van der Waals surface area contributed by atoms with Crippen LogP contribution in [0.3, 0.4) is 0 Å². The molecule has 0 unspecified atom stereocenters. The largest absolute Gasteiger partial charge is 0.384 e. The number of imidazole rings is 1. The standard InChI is InChI=1S/C18H20N10O/c1-10(2)21-18(29)27-8-6-14(26-27)24-17-16(12-9-13(19)23-11(3)22-12)28-15(25-17)5-4-7-20-28/h4-10H,1-3H3,(H,21,29)(H,24,26)(H2,19,22,23). The molecule has 0 aliphatic heterocycles. The van der Waals surface area contributed by atoms with Crippen LogP contribution in [0.25, 0.3) is 17.0 Å². The summed E-state index contributed by atoms with van der Waals surface area (Å²) < 4.78 is 2.88. The Bertz CT molecular complexity index is 1170. The molecule has 29 heavy (non-hydrogen) atoms. The van der Waals surface area contributed by atoms with Gasteiger partial charge in [-0.25, -0.2) is 24.3 Å². The van der Waals surface area contributed by atoms with E-state index >= 15 is 0 Å². The number of hydrogen-bond donors (Lipinski definition) is 3. The third-order valence-electron chi connectivity index (χ3n) is 3.95. The number of amides is 1. The van der Waals surface area contributed by atoms with Crippen molar-refractivity contribution in [1.29, 1.82) is 0 Å². The van der Waals surface area contributed by atoms with Gasteiger partial charge in [0, 0.05) is 30.6 Å². The zero-order chi connectivity index (χ0) is 20.5. The fourth-order valence-electron chi connectivity index (χ4n) is 2.86. The lowest BCUT2D eigenvalue weighted by Crippen LogP contribution is -2.34. The third-order valence-corrected chi connectivity index (χ3v) is 3.95. The van der Waals surface area contributed by atoms with Gasteiger partial charge in [-0.15, -0.1) is 5.10 Å². The summed E-state index contributed by atoms with van der Waals surface area (Å²) in [4.78, 5) is 25.3. The molecule has 0 radical (unpaired) electrons. The minimum atomic E-state index is -0.316. The number of nitrogens with one attached hydrogen (secondary N) is 2. The molecule has 148 valence electrons. The number of nitrogen functional groups attached to an aromatic ring is 1. The Morgan fingerprint density at radius 3 is 2.79 bits per heavy atom. The highest BCUT2D eigenvalue weighted by atomic mass is 16.2. The number of aromatic nitrogens is 7. The summed E-state index contributed by atoms with van der Waals surface area (Å²) in [6.45, 7) is 5.52. The lowest BCUT2D eigenvalue weighted by atomic mass is 10.3. The van der Waals surface area contributed by atoms with E-state index in [0.717, 1.165) is 0 Å². The molecule has 0 bridgehead atoms. The maximum absolute atomic E-state index is 12.1. The lowest BCUT2D eigenvalue weighted by Gasteiger charge is -2.08. The molecule has 0 aliphatic rings. The molecule has 4 rings (SSSR count). The lowest BCUT2D eigenvalue weighted by molar-refractivity contribution is 0.237. The van der Waals surface area contributed by atoms with Gasteiger partial charge in [0.05, 0.1) is 5.69 Å². The number of rotatable bonds is 4. The van der Waals surface area contributed by atoms with Crippen molar-refractivity contribution in [1.82, 2.24) is 39.7 Å². The number of carbonyl (C=O) groups excluding carboxylic acids is 1. The Hall–Kier alpha value is -4.02. The quantitative estimate of drug-likeness (QED) is 0.479. The zero-order valence-corrected chi connectivity index (χ0v) is 16.2. The number of aryl methyl sites for hydroxylation is 1. The van der Waals surface area contributed by atoms with Crippen LogP contribution < -0.4 is 16.4 Å². The SMILES string of the molecule is Cc1nc(N)cc(-c2c(Nc3ccn(C(=O)NC(C)C)n3)nc3cccnn23)n1. The second kappa shape index (κ2) is 7.19. The predicted molar refractivity (Wildman–Crippen MR) is 108 cm³/mol. The molecule has 0 spiro atoms. The second-order valence-corrected chi connectivity index (χ2v) is 6.70. The van der Waals surface area contributed by atoms with Crippen LogP contribution in [-0.2, 0) is 0 Å². The minimum Gasteiger partial charge on any atom is -0.384 e. The molecule has 0 aromatic carbocycles. The minimum absolute atomic E-state index is 0.00527. The first-order valence-electron chi connectivity index (χ1n) is 8.99. The van der Waals surface area contributed by atoms with Crippen molar-refractivity contribution in [2.75, 3.05) is 11.1 Å². The first kappa shape index (κ1) is 18.3. The number of fused-ring (bicyclic) bond motifs is 1. The Balaban J connectivity index is 1.75. The first-order chi connectivity index (χ1) is 13.9. The van der Waals surface area contributed by atoms with Crippen molar-refractivity contribution >= 4 is 29.1 Å². The molecule has 0 atom stereocenters. The topological polar surface area (TPSA) is 141 Å². The van der Waals surface area contributed by atoms with Crippen molar-refractivity contribution in [3.05, 3.63) is 42.5 Å². The van der Waals surface area contributed by atoms with E-state index in [4.69, 9.17) is 5.73 Å². The van der Waals surface area contributed by atoms with Crippen LogP contribution in [-0.4, -0.2) is 46.4 Å². The fraction of sp³-hybridized carbons (Fsp3) is 0.222. The van der Waals surface area contributed by atoms with E-state index < -0.39 is 0 Å². The molecule has 4 aromatic heterocycles. The molecule has 0 saturated carbocycles. The van der Waals surface area contributed by atoms with Gasteiger partial charge in [0.25, 0.3) is 0 Å². The Labute approximate surface area is 166 Å². The van der Waals surface area contributed by atoms with Gasteiger partial charge in [-0.1, -0.05) is 0 Å². The smallest absolute Gasteiger partial charge is 0.342 e. The highest BCUT2D eigenvalue weighted by Gasteiger charge is 2.19. The van der Waals surface area contributed by atoms with E-state index in [1.807, 2.05) is 19.9 Å². The normalized spacial score (nSPS) is 11.2. The van der Waals surface area contributed by atoms with Gasteiger partial charge in [-0.3, -0.25) is 0 Å². The average Bonchev–Trinajstić information content (AvgIpc) is 3.24. The molecule has 4 heterocycles. The molecule has 11 nitrogen and oxygen atoms in total. The van der Waals surface area contributed by atoms with Crippen molar-refractivity contribution in [2.24, 2.45) is 0 Å². The van der Waals surface area contributed by atoms with Gasteiger partial charge < -0.3 is 16.4 Å². The first-order valence-corrected chi connectivity index (χ1v) is 8.99. The van der Waals surface area contributed by atoms with Gasteiger partial charge >= 0.3 is 6.03 Å². The zero-order valence-electron chi connectivity index (χ0n) is 16.2. The van der Waals surface area contributed by atoms with Crippen molar-refractivity contribution in [3.8, 4) is 11.4 Å². The van der Waals surface area contributed by atoms with Gasteiger partial charge in [0.1, 0.15) is 17.3 Å². The summed E-state index contributed by atoms with van der Waals surface area (Å²) in [6, 6.07) is 6.65. The maximum Gasteiger partial charge on any atom is 0.342 e. The van der Waals surface area contributed by atoms with E-state index in [-0.39, 0.29) is 12.1 Å². The summed E-state index contributed by atoms with van der Waals surface area (Å²) in [5.74, 6) is 1.81. The van der Waals surface area contributed by atoms with E-state index in [1.165, 1.54) is 4.68 Å². The van der Waals surface area contributed by atoms with E-state index in [9.17, 15) is 4.79 Å². The van der Waals surface area contributed by atoms with Crippen LogP contribution in [0.4, 0.5) is 22.2 Å². The highest BCUT2D eigenvalue weighted by Crippen LogP contribution is 2.29. The van der Waals surface area contributed by atoms with Crippen LogP contribution >= 0.6 is 0 Å². The molecule has 0 saturated heterocycles. The van der Waals surface area contributed by atoms with Crippen molar-refractivity contribution in [3.63, 3.8) is 0 Å². The number of nitrogens with two attached hydrogens (primary N) is 1. The predicted octanol–water partition coefficient (Wildman–Crippen LogP) is 1.98. The van der Waals surface area contributed by atoms with Gasteiger partial charge in [-0.05, 0) is 32.9 Å². The maximum atomic E-state index is 12.1. The van der Waals surface area contributed by atoms with E-state index in [0.29, 0.717) is 40.3 Å². The van der Waals surface area contributed by atoms with Crippen LogP contribution in [0.15, 0.2) is 36.7 Å². The fourth-order valence-corrected chi connectivity index (χ4v) is 2.86. The third kappa shape index (κ3) is 3.70. The van der Waals surface area contributed by atoms with E-state index in [2.05, 4.69) is 35.8 Å². The van der Waals surface area contributed by atoms with Gasteiger partial charge in [-0.2, -0.15) is 9.78 Å². The summed E-state index contributed by atoms with van der Waals surface area (Å²) in [7, 11) is 0. The summed E-state index contributed by atoms with van der Waals surface area (Å²) in [5.41, 5.74) is 7.71. The number of carbonyl (C=O) groups is 1. The molecule has 11 heteroatoms. The average molecular weight is 392 g/mol. The Morgan fingerprint density at radius 1 is 1.21 bits per heavy atom. The van der Waals surface area contributed by atoms with Crippen molar-refractivity contribution in [2.45, 2.75) is 26.8 Å². The molecule has 0 aliphatic carbocycles. The van der Waals surface area contributed by atoms with E-state index in [1.54, 1.807) is 42.0 Å². The van der Waals surface area contributed by atoms with Gasteiger partial charge in [0.15, 0.2) is 17.3 Å². The van der Waals surface area contributed by atoms with Crippen LogP contribution in [0.2, 0.25) is 0 Å². The summed E-state index contributed by atoms with van der Waals surface area (Å²) >= 11 is 0. The number of anilines is 3. The molecule has 1 amide bonds. The highest BCUT2D eigenvalue weighted by molar-refractivity contribution is 5.79. The summed E-state index contributed by atoms with van der Waals surface area (Å²) in [5, 5.41) is 14.6. The van der Waals surface area contributed by atoms with Crippen LogP contribution in [0, 0.1) is 6.92 Å². The Morgan fingerprint density at radius 2 is 2.03 bits per heavy atom. The second-order valence-electron chi connectivity index (χ2n) is 6.70. The summed E-state index contributed by atoms with van der Waals surface area (Å²) in [6.07, 6.45) is 3.23. The van der Waals surface area contributed by atoms with Crippen LogP contribution in [0.1, 0.15) is 19.7 Å². The molecular weight excluding hydrogens is 372 g/mol. The molecule has 4 aromatic rings. The Kier molecular flexibility index (Phi) is 4.55. The molecule has 0 fully saturated rings. The molecule has 4 N–H and O–H groups in total. The van der Waals surface area contributed by atoms with Gasteiger partial charge in [0.2, 0.25) is 0 Å². The molecular formula is C18H20N10O. The van der Waals surface area contributed by atoms with Crippen LogP contribution in [0.5, 0.6) is 0 Å². The number of hydrogen-bond acceptors (Lipinski definition) is 8. The van der Waals surface area contributed by atoms with Crippen molar-refractivity contribution < 1.29 is 4.79 Å². The monoisotopic (exact) mass is 392 g/mol.